The highest BCUT2D eigenvalue weighted by molar-refractivity contribution is 5.82. The van der Waals surface area contributed by atoms with Crippen LogP contribution >= 0.6 is 0 Å². The van der Waals surface area contributed by atoms with Gasteiger partial charge in [0, 0.05) is 12.0 Å². The first-order chi connectivity index (χ1) is 8.37. The topological polar surface area (TPSA) is 38.3 Å². The number of rotatable bonds is 3. The van der Waals surface area contributed by atoms with Gasteiger partial charge in [0.25, 0.3) is 0 Å². The molecule has 2 atom stereocenters. The first-order valence-electron chi connectivity index (χ1n) is 6.10. The highest BCUT2D eigenvalue weighted by atomic mass is 19.1. The summed E-state index contributed by atoms with van der Waals surface area (Å²) >= 11 is 0. The monoisotopic (exact) mass is 251 g/mol. The molecule has 0 aromatic heterocycles. The minimum atomic E-state index is -0.389. The van der Waals surface area contributed by atoms with Crippen LogP contribution in [-0.4, -0.2) is 17.6 Å². The summed E-state index contributed by atoms with van der Waals surface area (Å²) in [4.78, 5) is 11.8. The van der Waals surface area contributed by atoms with Gasteiger partial charge in [-0.1, -0.05) is 12.1 Å². The number of carbonyl (C=O) groups is 1. The van der Waals surface area contributed by atoms with Crippen LogP contribution in [0, 0.1) is 11.7 Å². The van der Waals surface area contributed by atoms with Crippen molar-refractivity contribution >= 4 is 5.91 Å². The number of ether oxygens (including phenoxy) is 1. The van der Waals surface area contributed by atoms with Gasteiger partial charge in [0.05, 0.1) is 5.92 Å². The van der Waals surface area contributed by atoms with Crippen LogP contribution in [0.1, 0.15) is 27.2 Å². The molecule has 4 heteroatoms. The average molecular weight is 251 g/mol. The van der Waals surface area contributed by atoms with E-state index in [1.54, 1.807) is 18.2 Å². The Hall–Kier alpha value is -1.58. The predicted octanol–water partition coefficient (Wildman–Crippen LogP) is 2.51. The summed E-state index contributed by atoms with van der Waals surface area (Å²) in [5.74, 6) is -0.361. The fraction of sp³-hybridized carbons (Fsp3) is 0.500. The van der Waals surface area contributed by atoms with Gasteiger partial charge in [-0.25, -0.2) is 4.39 Å². The number of hydrogen-bond acceptors (Lipinski definition) is 2. The maximum absolute atomic E-state index is 13.4. The molecule has 1 aliphatic rings. The zero-order valence-corrected chi connectivity index (χ0v) is 10.9. The molecule has 1 fully saturated rings. The van der Waals surface area contributed by atoms with Crippen molar-refractivity contribution in [3.05, 3.63) is 30.1 Å². The molecule has 98 valence electrons. The van der Waals surface area contributed by atoms with Crippen molar-refractivity contribution in [2.75, 3.05) is 0 Å². The van der Waals surface area contributed by atoms with E-state index < -0.39 is 0 Å². The Labute approximate surface area is 106 Å². The van der Waals surface area contributed by atoms with E-state index in [0.29, 0.717) is 6.42 Å². The van der Waals surface area contributed by atoms with Crippen molar-refractivity contribution in [3.8, 4) is 5.75 Å². The maximum atomic E-state index is 13.4. The second kappa shape index (κ2) is 4.59. The van der Waals surface area contributed by atoms with Gasteiger partial charge in [0.1, 0.15) is 6.10 Å². The predicted molar refractivity (Wildman–Crippen MR) is 66.8 cm³/mol. The summed E-state index contributed by atoms with van der Waals surface area (Å²) < 4.78 is 18.8. The van der Waals surface area contributed by atoms with Crippen LogP contribution in [0.25, 0.3) is 0 Å². The van der Waals surface area contributed by atoms with E-state index in [1.807, 2.05) is 20.8 Å². The Kier molecular flexibility index (Phi) is 3.28. The summed E-state index contributed by atoms with van der Waals surface area (Å²) in [5, 5.41) is 2.90. The Balaban J connectivity index is 1.89. The van der Waals surface area contributed by atoms with Gasteiger partial charge in [0.2, 0.25) is 5.91 Å². The Morgan fingerprint density at radius 3 is 2.67 bits per heavy atom. The number of nitrogens with one attached hydrogen (secondary N) is 1. The van der Waals surface area contributed by atoms with Gasteiger partial charge < -0.3 is 10.1 Å². The van der Waals surface area contributed by atoms with Crippen LogP contribution in [-0.2, 0) is 4.79 Å². The van der Waals surface area contributed by atoms with Crippen LogP contribution in [0.3, 0.4) is 0 Å². The lowest BCUT2D eigenvalue weighted by Crippen LogP contribution is -2.42. The average Bonchev–Trinajstić information content (AvgIpc) is 2.98. The fourth-order valence-electron chi connectivity index (χ4n) is 1.74. The number of halogens is 1. The molecule has 18 heavy (non-hydrogen) atoms. The number of carbonyl (C=O) groups excluding carboxylic acids is 1. The summed E-state index contributed by atoms with van der Waals surface area (Å²) in [5.41, 5.74) is -0.248. The standard InChI is InChI=1S/C14H18FNO2/c1-14(2,3)16-13(17)9-8-12(9)18-11-7-5-4-6-10(11)15/h4-7,9,12H,8H2,1-3H3,(H,16,17)/t9-,12-/m0/s1. The summed E-state index contributed by atoms with van der Waals surface area (Å²) in [6, 6.07) is 6.25. The number of benzene rings is 1. The third-order valence-corrected chi connectivity index (χ3v) is 2.68. The Morgan fingerprint density at radius 2 is 2.06 bits per heavy atom. The normalized spacial score (nSPS) is 22.4. The largest absolute Gasteiger partial charge is 0.486 e. The van der Waals surface area contributed by atoms with E-state index in [1.165, 1.54) is 6.07 Å². The van der Waals surface area contributed by atoms with E-state index in [-0.39, 0.29) is 35.0 Å². The molecule has 0 heterocycles. The van der Waals surface area contributed by atoms with Gasteiger partial charge in [-0.2, -0.15) is 0 Å². The van der Waals surface area contributed by atoms with Gasteiger partial charge in [-0.15, -0.1) is 0 Å². The first-order valence-corrected chi connectivity index (χ1v) is 6.10. The lowest BCUT2D eigenvalue weighted by Gasteiger charge is -2.20. The number of hydrogen-bond donors (Lipinski definition) is 1. The van der Waals surface area contributed by atoms with Gasteiger partial charge >= 0.3 is 0 Å². The third kappa shape index (κ3) is 3.22. The lowest BCUT2D eigenvalue weighted by molar-refractivity contribution is -0.124. The van der Waals surface area contributed by atoms with Crippen molar-refractivity contribution < 1.29 is 13.9 Å². The number of amides is 1. The van der Waals surface area contributed by atoms with Gasteiger partial charge in [-0.05, 0) is 32.9 Å². The highest BCUT2D eigenvalue weighted by Gasteiger charge is 2.46. The molecule has 0 radical (unpaired) electrons. The second-order valence-electron chi connectivity index (χ2n) is 5.67. The molecule has 1 amide bonds. The van der Waals surface area contributed by atoms with Crippen LogP contribution in [0.15, 0.2) is 24.3 Å². The summed E-state index contributed by atoms with van der Waals surface area (Å²) in [7, 11) is 0. The Morgan fingerprint density at radius 1 is 1.39 bits per heavy atom. The third-order valence-electron chi connectivity index (χ3n) is 2.68. The molecular formula is C14H18FNO2. The van der Waals surface area contributed by atoms with Crippen molar-refractivity contribution in [1.82, 2.24) is 5.32 Å². The first kappa shape index (κ1) is 12.9. The molecule has 0 unspecified atom stereocenters. The summed E-state index contributed by atoms with van der Waals surface area (Å²) in [6.07, 6.45) is 0.445. The lowest BCUT2D eigenvalue weighted by atomic mass is 10.1. The quantitative estimate of drug-likeness (QED) is 0.896. The van der Waals surface area contributed by atoms with Crippen molar-refractivity contribution in [2.24, 2.45) is 5.92 Å². The molecule has 1 aliphatic carbocycles. The molecule has 0 saturated heterocycles. The molecule has 3 nitrogen and oxygen atoms in total. The summed E-state index contributed by atoms with van der Waals surface area (Å²) in [6.45, 7) is 5.79. The van der Waals surface area contributed by atoms with Crippen LogP contribution in [0.2, 0.25) is 0 Å². The Bertz CT molecular complexity index is 453. The minimum Gasteiger partial charge on any atom is -0.486 e. The smallest absolute Gasteiger partial charge is 0.227 e. The molecule has 1 aromatic carbocycles. The van der Waals surface area contributed by atoms with Gasteiger partial charge in [-0.3, -0.25) is 4.79 Å². The van der Waals surface area contributed by atoms with E-state index >= 15 is 0 Å². The zero-order chi connectivity index (χ0) is 13.3. The van der Waals surface area contributed by atoms with E-state index in [9.17, 15) is 9.18 Å². The second-order valence-corrected chi connectivity index (χ2v) is 5.67. The zero-order valence-electron chi connectivity index (χ0n) is 10.9. The maximum Gasteiger partial charge on any atom is 0.227 e. The van der Waals surface area contributed by atoms with Crippen LogP contribution in [0.5, 0.6) is 5.75 Å². The fourth-order valence-corrected chi connectivity index (χ4v) is 1.74. The molecule has 0 bridgehead atoms. The van der Waals surface area contributed by atoms with Crippen LogP contribution < -0.4 is 10.1 Å². The van der Waals surface area contributed by atoms with Crippen molar-refractivity contribution in [3.63, 3.8) is 0 Å². The van der Waals surface area contributed by atoms with E-state index in [4.69, 9.17) is 4.74 Å². The number of para-hydroxylation sites is 1. The molecule has 0 aliphatic heterocycles. The van der Waals surface area contributed by atoms with E-state index in [0.717, 1.165) is 0 Å². The van der Waals surface area contributed by atoms with Gasteiger partial charge in [0.15, 0.2) is 11.6 Å². The highest BCUT2D eigenvalue weighted by Crippen LogP contribution is 2.36. The van der Waals surface area contributed by atoms with Crippen LogP contribution in [0.4, 0.5) is 4.39 Å². The van der Waals surface area contributed by atoms with Crippen molar-refractivity contribution in [2.45, 2.75) is 38.8 Å². The molecule has 2 rings (SSSR count). The SMILES string of the molecule is CC(C)(C)NC(=O)[C@H]1C[C@@H]1Oc1ccccc1F. The molecular weight excluding hydrogens is 233 g/mol. The molecule has 0 spiro atoms. The molecule has 1 aromatic rings. The van der Waals surface area contributed by atoms with Crippen molar-refractivity contribution in [1.29, 1.82) is 0 Å². The molecule has 1 N–H and O–H groups in total. The van der Waals surface area contributed by atoms with E-state index in [2.05, 4.69) is 5.32 Å². The minimum absolute atomic E-state index is 0.0242. The molecule has 1 saturated carbocycles.